The first kappa shape index (κ1) is 45.2. The molecule has 342 valence electrons. The lowest BCUT2D eigenvalue weighted by Crippen LogP contribution is -2.25. The molecule has 0 unspecified atom stereocenters. The van der Waals surface area contributed by atoms with Crippen LogP contribution in [0.5, 0.6) is 0 Å². The fraction of sp³-hybridized carbons (Fsp3) is 0.133. The summed E-state index contributed by atoms with van der Waals surface area (Å²) in [6, 6.07) is 53.9. The van der Waals surface area contributed by atoms with Crippen LogP contribution in [0, 0.1) is 37.1 Å². The summed E-state index contributed by atoms with van der Waals surface area (Å²) < 4.78 is 63.5. The lowest BCUT2D eigenvalue weighted by atomic mass is 9.83. The van der Waals surface area contributed by atoms with Crippen LogP contribution in [0.4, 0.5) is 46.0 Å². The zero-order chi connectivity index (χ0) is 48.0. The van der Waals surface area contributed by atoms with E-state index in [0.29, 0.717) is 35.0 Å². The molecular weight excluding hydrogens is 885 g/mol. The van der Waals surface area contributed by atoms with Crippen molar-refractivity contribution in [2.24, 2.45) is 0 Å². The number of thiophene rings is 1. The normalized spacial score (nSPS) is 11.7. The van der Waals surface area contributed by atoms with Crippen LogP contribution in [0.2, 0.25) is 0 Å². The van der Waals surface area contributed by atoms with E-state index in [1.165, 1.54) is 55.6 Å². The number of hydrogen-bond acceptors (Lipinski definition) is 5. The second kappa shape index (κ2) is 18.5. The monoisotopic (exact) mass is 932 g/mol. The number of para-hydroxylation sites is 2. The molecule has 9 heteroatoms. The van der Waals surface area contributed by atoms with Crippen LogP contribution < -0.4 is 9.80 Å². The molecule has 0 radical (unpaired) electrons. The van der Waals surface area contributed by atoms with Crippen LogP contribution in [-0.4, -0.2) is 9.97 Å². The van der Waals surface area contributed by atoms with Gasteiger partial charge < -0.3 is 9.80 Å². The van der Waals surface area contributed by atoms with E-state index >= 15 is 8.78 Å². The third kappa shape index (κ3) is 8.98. The zero-order valence-electron chi connectivity index (χ0n) is 38.9. The molecule has 0 saturated carbocycles. The first-order valence-corrected chi connectivity index (χ1v) is 23.8. The van der Waals surface area contributed by atoms with Crippen LogP contribution >= 0.6 is 11.3 Å². The molecule has 69 heavy (non-hydrogen) atoms. The molecule has 0 amide bonds. The quantitative estimate of drug-likeness (QED) is 0.114. The van der Waals surface area contributed by atoms with Crippen molar-refractivity contribution in [3.63, 3.8) is 0 Å². The first-order chi connectivity index (χ1) is 33.3. The second-order valence-electron chi connectivity index (χ2n) is 18.1. The molecule has 0 atom stereocenters. The van der Waals surface area contributed by atoms with Crippen molar-refractivity contribution >= 4 is 59.9 Å². The fourth-order valence-electron chi connectivity index (χ4n) is 9.02. The van der Waals surface area contributed by atoms with Crippen molar-refractivity contribution in [3.05, 3.63) is 233 Å². The number of aryl methyl sites for hydroxylation is 3. The number of benzene rings is 7. The number of pyridine rings is 2. The van der Waals surface area contributed by atoms with Gasteiger partial charge in [0.1, 0.15) is 23.3 Å². The van der Waals surface area contributed by atoms with Gasteiger partial charge in [0.05, 0.1) is 28.5 Å². The summed E-state index contributed by atoms with van der Waals surface area (Å²) >= 11 is 1.79. The van der Waals surface area contributed by atoms with Gasteiger partial charge >= 0.3 is 0 Å². The molecule has 10 rings (SSSR count). The summed E-state index contributed by atoms with van der Waals surface area (Å²) in [7, 11) is 0. The summed E-state index contributed by atoms with van der Waals surface area (Å²) in [6.07, 6.45) is 0.866. The van der Waals surface area contributed by atoms with Gasteiger partial charge in [-0.1, -0.05) is 67.6 Å². The smallest absolute Gasteiger partial charge is 0.135 e. The molecule has 0 N–H and O–H groups in total. The van der Waals surface area contributed by atoms with Crippen molar-refractivity contribution in [1.29, 1.82) is 0 Å². The SMILES string of the molecule is CCc1ccc(N(c2ccccc2)c2cc(-c3ccc(F)cc3F)nc(C(C)(C)c3cc(N(Cc4cc5c(cc4C)sc4cc(C)ccc45)c4ccccc4)cc(-c4ccc(F)cc4F)n3)c2)cc1. The maximum atomic E-state index is 16.1. The molecule has 0 saturated heterocycles. The third-order valence-electron chi connectivity index (χ3n) is 13.0. The summed E-state index contributed by atoms with van der Waals surface area (Å²) in [5.41, 5.74) is 9.44. The third-order valence-corrected chi connectivity index (χ3v) is 14.1. The number of fused-ring (bicyclic) bond motifs is 3. The number of rotatable bonds is 12. The molecule has 3 aromatic heterocycles. The molecule has 7 aromatic carbocycles. The number of halogens is 4. The molecular formula is C60H48F4N4S. The molecule has 3 heterocycles. The van der Waals surface area contributed by atoms with E-state index in [4.69, 9.17) is 9.97 Å². The van der Waals surface area contributed by atoms with Crippen LogP contribution in [0.3, 0.4) is 0 Å². The Morgan fingerprint density at radius 1 is 0.507 bits per heavy atom. The lowest BCUT2D eigenvalue weighted by molar-refractivity contribution is 0.582. The minimum absolute atomic E-state index is 0.122. The molecule has 0 aliphatic carbocycles. The number of anilines is 5. The molecule has 0 bridgehead atoms. The molecule has 10 aromatic rings. The van der Waals surface area contributed by atoms with Crippen LogP contribution in [0.15, 0.2) is 176 Å². The topological polar surface area (TPSA) is 32.3 Å². The molecule has 4 nitrogen and oxygen atoms in total. The Morgan fingerprint density at radius 3 is 1.65 bits per heavy atom. The van der Waals surface area contributed by atoms with Gasteiger partial charge in [-0.15, -0.1) is 11.3 Å². The van der Waals surface area contributed by atoms with E-state index in [1.807, 2.05) is 98.8 Å². The first-order valence-electron chi connectivity index (χ1n) is 23.0. The van der Waals surface area contributed by atoms with Crippen molar-refractivity contribution in [2.75, 3.05) is 9.80 Å². The highest BCUT2D eigenvalue weighted by Crippen LogP contribution is 2.43. The second-order valence-corrected chi connectivity index (χ2v) is 19.1. The Balaban J connectivity index is 1.19. The van der Waals surface area contributed by atoms with Gasteiger partial charge in [0, 0.05) is 78.1 Å². The highest BCUT2D eigenvalue weighted by molar-refractivity contribution is 7.25. The van der Waals surface area contributed by atoms with E-state index in [1.54, 1.807) is 11.3 Å². The highest BCUT2D eigenvalue weighted by atomic mass is 32.1. The average molecular weight is 933 g/mol. The maximum Gasteiger partial charge on any atom is 0.135 e. The minimum Gasteiger partial charge on any atom is -0.337 e. The van der Waals surface area contributed by atoms with Crippen molar-refractivity contribution in [1.82, 2.24) is 9.97 Å². The number of aromatic nitrogens is 2. The van der Waals surface area contributed by atoms with Crippen LogP contribution in [0.25, 0.3) is 42.7 Å². The molecule has 0 aliphatic heterocycles. The van der Waals surface area contributed by atoms with Gasteiger partial charge in [0.2, 0.25) is 0 Å². The average Bonchev–Trinajstić information content (AvgIpc) is 3.69. The Labute approximate surface area is 403 Å². The van der Waals surface area contributed by atoms with Gasteiger partial charge in [0.25, 0.3) is 0 Å². The van der Waals surface area contributed by atoms with Gasteiger partial charge in [-0.25, -0.2) is 17.6 Å². The van der Waals surface area contributed by atoms with Crippen LogP contribution in [0.1, 0.15) is 54.4 Å². The Morgan fingerprint density at radius 2 is 1.06 bits per heavy atom. The summed E-state index contributed by atoms with van der Waals surface area (Å²) in [6.45, 7) is 10.8. The van der Waals surface area contributed by atoms with E-state index in [2.05, 4.69) is 85.2 Å². The predicted molar refractivity (Wildman–Crippen MR) is 276 cm³/mol. The molecule has 0 fully saturated rings. The minimum atomic E-state index is -1.05. The summed E-state index contributed by atoms with van der Waals surface area (Å²) in [5.74, 6) is -2.91. The Hall–Kier alpha value is -7.62. The molecule has 0 spiro atoms. The van der Waals surface area contributed by atoms with Gasteiger partial charge in [-0.05, 0) is 159 Å². The largest absolute Gasteiger partial charge is 0.337 e. The van der Waals surface area contributed by atoms with Gasteiger partial charge in [0.15, 0.2) is 0 Å². The van der Waals surface area contributed by atoms with Gasteiger partial charge in [-0.2, -0.15) is 0 Å². The number of hydrogen-bond donors (Lipinski definition) is 0. The van der Waals surface area contributed by atoms with E-state index in [0.717, 1.165) is 46.7 Å². The maximum absolute atomic E-state index is 16.1. The molecule has 0 aliphatic rings. The zero-order valence-corrected chi connectivity index (χ0v) is 39.7. The Bertz CT molecular complexity index is 3520. The predicted octanol–water partition coefficient (Wildman–Crippen LogP) is 17.0. The lowest BCUT2D eigenvalue weighted by Gasteiger charge is -2.31. The van der Waals surface area contributed by atoms with E-state index < -0.39 is 28.7 Å². The Kier molecular flexibility index (Phi) is 12.1. The fourth-order valence-corrected chi connectivity index (χ4v) is 10.3. The van der Waals surface area contributed by atoms with Crippen LogP contribution in [-0.2, 0) is 18.4 Å². The van der Waals surface area contributed by atoms with Crippen molar-refractivity contribution in [3.8, 4) is 22.5 Å². The van der Waals surface area contributed by atoms with E-state index in [9.17, 15) is 8.78 Å². The standard InChI is InChI=1S/C60H48F4N4S/c1-6-39-18-22-45(23-19-39)68(44-15-11-8-12-16-44)47-33-55(50-26-21-42(62)31-53(50)64)66-59(35-47)60(4,5)58-34-46(32-54(65-58)49-25-20-41(61)30-52(49)63)67(43-13-9-7-10-14-43)36-40-29-51-48-24-17-37(2)27-56(48)69-57(51)28-38(40)3/h7-35H,6,36H2,1-5H3. The van der Waals surface area contributed by atoms with Crippen molar-refractivity contribution < 1.29 is 17.6 Å². The summed E-state index contributed by atoms with van der Waals surface area (Å²) in [5, 5.41) is 2.38. The van der Waals surface area contributed by atoms with E-state index in [-0.39, 0.29) is 16.8 Å². The summed E-state index contributed by atoms with van der Waals surface area (Å²) in [4.78, 5) is 14.6. The highest BCUT2D eigenvalue weighted by Gasteiger charge is 2.32. The number of nitrogens with zero attached hydrogens (tertiary/aromatic N) is 4. The van der Waals surface area contributed by atoms with Gasteiger partial charge in [-0.3, -0.25) is 9.97 Å². The van der Waals surface area contributed by atoms with Crippen molar-refractivity contribution in [2.45, 2.75) is 53.0 Å².